The van der Waals surface area contributed by atoms with Gasteiger partial charge in [0.05, 0.1) is 0 Å². The Labute approximate surface area is 182 Å². The van der Waals surface area contributed by atoms with Crippen molar-refractivity contribution in [2.24, 2.45) is 0 Å². The van der Waals surface area contributed by atoms with E-state index in [4.69, 9.17) is 15.9 Å². The smallest absolute Gasteiger partial charge is 0.189 e. The Hall–Kier alpha value is -3.21. The van der Waals surface area contributed by atoms with E-state index in [9.17, 15) is 0 Å². The van der Waals surface area contributed by atoms with Crippen LogP contribution in [0.3, 0.4) is 0 Å². The summed E-state index contributed by atoms with van der Waals surface area (Å²) < 4.78 is 11.2. The molecule has 3 heterocycles. The molecule has 1 aliphatic heterocycles. The second kappa shape index (κ2) is 9.73. The lowest BCUT2D eigenvalue weighted by Gasteiger charge is -2.30. The van der Waals surface area contributed by atoms with Crippen molar-refractivity contribution in [3.05, 3.63) is 42.1 Å². The highest BCUT2D eigenvalue weighted by Crippen LogP contribution is 2.35. The van der Waals surface area contributed by atoms with Crippen LogP contribution in [0.5, 0.6) is 5.75 Å². The molecule has 2 aromatic heterocycles. The van der Waals surface area contributed by atoms with Gasteiger partial charge in [-0.05, 0) is 63.7 Å². The van der Waals surface area contributed by atoms with Crippen molar-refractivity contribution >= 4 is 16.7 Å². The van der Waals surface area contributed by atoms with Crippen molar-refractivity contribution in [2.45, 2.75) is 25.8 Å². The molecule has 1 saturated heterocycles. The largest absolute Gasteiger partial charge is 0.467 e. The third kappa shape index (κ3) is 4.76. The molecule has 7 heteroatoms. The van der Waals surface area contributed by atoms with Gasteiger partial charge in [0.25, 0.3) is 0 Å². The zero-order valence-electron chi connectivity index (χ0n) is 18.0. The van der Waals surface area contributed by atoms with Crippen molar-refractivity contribution in [1.82, 2.24) is 20.1 Å². The van der Waals surface area contributed by atoms with E-state index in [1.807, 2.05) is 37.3 Å². The second-order valence-electron chi connectivity index (χ2n) is 7.65. The number of likely N-dealkylation sites (tertiary alicyclic amines) is 1. The molecule has 4 rings (SSSR count). The minimum atomic E-state index is 0.135. The molecule has 1 aliphatic rings. The monoisotopic (exact) mass is 417 g/mol. The predicted octanol–water partition coefficient (Wildman–Crippen LogP) is 3.55. The molecule has 160 valence electrons. The van der Waals surface area contributed by atoms with E-state index >= 15 is 0 Å². The first-order chi connectivity index (χ1) is 15.2. The van der Waals surface area contributed by atoms with Crippen LogP contribution in [0.4, 0.5) is 5.82 Å². The fourth-order valence-corrected chi connectivity index (χ4v) is 3.88. The summed E-state index contributed by atoms with van der Waals surface area (Å²) in [6.07, 6.45) is 9.62. The van der Waals surface area contributed by atoms with Gasteiger partial charge in [0.15, 0.2) is 12.6 Å². The number of ether oxygens (including phenoxy) is 2. The summed E-state index contributed by atoms with van der Waals surface area (Å²) in [5, 5.41) is 13.5. The standard InChI is InChI=1S/C24H27N5O2/c1-4-17-10-11-19(21(14-17)31-16-30-5-2)22-20-9-6-12-25-23(20)24(28-27-22)26-18-8-7-13-29(3)15-18/h1,6,9-12,14,18H,5,7-8,13,15-16H2,2-3H3,(H,26,28)/t18-/m1/s1. The Bertz CT molecular complexity index is 1100. The summed E-state index contributed by atoms with van der Waals surface area (Å²) in [6, 6.07) is 9.84. The van der Waals surface area contributed by atoms with Crippen LogP contribution in [0, 0.1) is 12.3 Å². The van der Waals surface area contributed by atoms with Crippen LogP contribution in [0.25, 0.3) is 22.2 Å². The molecule has 31 heavy (non-hydrogen) atoms. The molecule has 7 nitrogen and oxygen atoms in total. The Morgan fingerprint density at radius 1 is 1.29 bits per heavy atom. The highest BCUT2D eigenvalue weighted by molar-refractivity contribution is 5.98. The lowest BCUT2D eigenvalue weighted by molar-refractivity contribution is 0.0227. The van der Waals surface area contributed by atoms with E-state index in [0.29, 0.717) is 29.9 Å². The maximum atomic E-state index is 5.86. The van der Waals surface area contributed by atoms with Crippen LogP contribution in [0.2, 0.25) is 0 Å². The highest BCUT2D eigenvalue weighted by atomic mass is 16.7. The van der Waals surface area contributed by atoms with Crippen molar-refractivity contribution in [3.63, 3.8) is 0 Å². The number of nitrogens with zero attached hydrogens (tertiary/aromatic N) is 4. The fourth-order valence-electron chi connectivity index (χ4n) is 3.88. The third-order valence-corrected chi connectivity index (χ3v) is 5.41. The van der Waals surface area contributed by atoms with Crippen molar-refractivity contribution in [3.8, 4) is 29.4 Å². The Balaban J connectivity index is 1.73. The van der Waals surface area contributed by atoms with Gasteiger partial charge in [-0.1, -0.05) is 5.92 Å². The highest BCUT2D eigenvalue weighted by Gasteiger charge is 2.21. The third-order valence-electron chi connectivity index (χ3n) is 5.41. The Kier molecular flexibility index (Phi) is 6.60. The number of likely N-dealkylation sites (N-methyl/N-ethyl adjacent to an activating group) is 1. The first kappa shape index (κ1) is 21.0. The number of nitrogens with one attached hydrogen (secondary N) is 1. The van der Waals surface area contributed by atoms with E-state index in [1.54, 1.807) is 6.20 Å². The first-order valence-electron chi connectivity index (χ1n) is 10.6. The second-order valence-corrected chi connectivity index (χ2v) is 7.65. The number of rotatable bonds is 7. The van der Waals surface area contributed by atoms with Crippen LogP contribution < -0.4 is 10.1 Å². The summed E-state index contributed by atoms with van der Waals surface area (Å²) in [5.41, 5.74) is 3.01. The van der Waals surface area contributed by atoms with Gasteiger partial charge in [0.2, 0.25) is 0 Å². The van der Waals surface area contributed by atoms with Crippen LogP contribution >= 0.6 is 0 Å². The normalized spacial score (nSPS) is 16.7. The van der Waals surface area contributed by atoms with E-state index in [2.05, 4.69) is 38.4 Å². The van der Waals surface area contributed by atoms with Crippen molar-refractivity contribution < 1.29 is 9.47 Å². The average Bonchev–Trinajstić information content (AvgIpc) is 2.80. The van der Waals surface area contributed by atoms with Crippen LogP contribution in [0.15, 0.2) is 36.5 Å². The molecule has 0 saturated carbocycles. The molecule has 1 aromatic carbocycles. The molecule has 3 aromatic rings. The van der Waals surface area contributed by atoms with Gasteiger partial charge >= 0.3 is 0 Å². The van der Waals surface area contributed by atoms with Gasteiger partial charge < -0.3 is 19.7 Å². The number of hydrogen-bond acceptors (Lipinski definition) is 7. The Morgan fingerprint density at radius 2 is 2.19 bits per heavy atom. The number of terminal acetylenes is 1. The van der Waals surface area contributed by atoms with E-state index in [0.717, 1.165) is 48.0 Å². The fraction of sp³-hybridized carbons (Fsp3) is 0.375. The van der Waals surface area contributed by atoms with Crippen LogP contribution in [0.1, 0.15) is 25.3 Å². The average molecular weight is 418 g/mol. The Morgan fingerprint density at radius 3 is 3.00 bits per heavy atom. The lowest BCUT2D eigenvalue weighted by Crippen LogP contribution is -2.40. The predicted molar refractivity (Wildman–Crippen MR) is 122 cm³/mol. The summed E-state index contributed by atoms with van der Waals surface area (Å²) in [5.74, 6) is 3.96. The van der Waals surface area contributed by atoms with E-state index in [1.165, 1.54) is 0 Å². The number of aromatic nitrogens is 3. The number of hydrogen-bond donors (Lipinski definition) is 1. The van der Waals surface area contributed by atoms with Crippen molar-refractivity contribution in [1.29, 1.82) is 0 Å². The maximum Gasteiger partial charge on any atom is 0.189 e. The molecular weight excluding hydrogens is 390 g/mol. The number of benzene rings is 1. The number of piperidine rings is 1. The molecule has 1 atom stereocenters. The first-order valence-corrected chi connectivity index (χ1v) is 10.6. The van der Waals surface area contributed by atoms with Gasteiger partial charge in [-0.15, -0.1) is 16.6 Å². The topological polar surface area (TPSA) is 72.4 Å². The summed E-state index contributed by atoms with van der Waals surface area (Å²) in [7, 11) is 2.14. The molecule has 0 aliphatic carbocycles. The molecule has 1 fully saturated rings. The van der Waals surface area contributed by atoms with E-state index in [-0.39, 0.29) is 6.79 Å². The zero-order valence-corrected chi connectivity index (χ0v) is 18.0. The zero-order chi connectivity index (χ0) is 21.6. The molecular formula is C24H27N5O2. The van der Waals surface area contributed by atoms with Gasteiger partial charge in [-0.2, -0.15) is 0 Å². The lowest BCUT2D eigenvalue weighted by atomic mass is 10.0. The maximum absolute atomic E-state index is 5.86. The quantitative estimate of drug-likeness (QED) is 0.358. The molecule has 0 spiro atoms. The summed E-state index contributed by atoms with van der Waals surface area (Å²) in [4.78, 5) is 6.94. The van der Waals surface area contributed by atoms with Gasteiger partial charge in [-0.25, -0.2) is 0 Å². The SMILES string of the molecule is C#Cc1ccc(-c2nnc(N[C@@H]3CCCN(C)C3)c3ncccc23)c(OCOCC)c1. The molecule has 1 N–H and O–H groups in total. The summed E-state index contributed by atoms with van der Waals surface area (Å²) in [6.45, 7) is 4.72. The minimum absolute atomic E-state index is 0.135. The molecule has 0 bridgehead atoms. The minimum Gasteiger partial charge on any atom is -0.467 e. The van der Waals surface area contributed by atoms with Gasteiger partial charge in [-0.3, -0.25) is 4.98 Å². The van der Waals surface area contributed by atoms with Gasteiger partial charge in [0, 0.05) is 41.9 Å². The number of pyridine rings is 1. The molecule has 0 radical (unpaired) electrons. The number of anilines is 1. The number of fused-ring (bicyclic) bond motifs is 1. The van der Waals surface area contributed by atoms with Gasteiger partial charge in [0.1, 0.15) is 17.0 Å². The molecule has 0 amide bonds. The summed E-state index contributed by atoms with van der Waals surface area (Å²) >= 11 is 0. The van der Waals surface area contributed by atoms with Crippen molar-refractivity contribution in [2.75, 3.05) is 38.9 Å². The van der Waals surface area contributed by atoms with Crippen LogP contribution in [-0.4, -0.2) is 59.7 Å². The van der Waals surface area contributed by atoms with Crippen LogP contribution in [-0.2, 0) is 4.74 Å². The molecule has 0 unspecified atom stereocenters. The van der Waals surface area contributed by atoms with E-state index < -0.39 is 0 Å².